The molecule has 0 amide bonds. The van der Waals surface area contributed by atoms with E-state index in [0.29, 0.717) is 10.8 Å². The van der Waals surface area contributed by atoms with Crippen LogP contribution in [0.2, 0.25) is 0 Å². The van der Waals surface area contributed by atoms with Gasteiger partial charge in [-0.05, 0) is 73.0 Å². The van der Waals surface area contributed by atoms with E-state index in [-0.39, 0.29) is 11.3 Å². The highest BCUT2D eigenvalue weighted by Crippen LogP contribution is 2.70. The van der Waals surface area contributed by atoms with E-state index in [1.807, 2.05) is 6.92 Å². The standard InChI is InChI=1S/C16H29NO3S/c1-11(13(17)21(18,19)20)4-16-7-12-5-14(2,9-16)8-15(3,6-12)10-16/h11-13H,4-10,17H2,1-3H3,(H,18,19,20). The second-order valence-electron chi connectivity index (χ2n) is 9.29. The van der Waals surface area contributed by atoms with Crippen LogP contribution in [0.4, 0.5) is 0 Å². The fourth-order valence-electron chi connectivity index (χ4n) is 7.00. The van der Waals surface area contributed by atoms with Crippen LogP contribution in [0.3, 0.4) is 0 Å². The van der Waals surface area contributed by atoms with E-state index < -0.39 is 15.5 Å². The van der Waals surface area contributed by atoms with Crippen molar-refractivity contribution in [3.63, 3.8) is 0 Å². The highest BCUT2D eigenvalue weighted by Gasteiger charge is 2.60. The first-order chi connectivity index (χ1) is 9.45. The minimum atomic E-state index is -4.14. The van der Waals surface area contributed by atoms with Gasteiger partial charge in [-0.25, -0.2) is 0 Å². The Labute approximate surface area is 128 Å². The molecule has 122 valence electrons. The van der Waals surface area contributed by atoms with Crippen molar-refractivity contribution in [2.45, 2.75) is 71.1 Å². The van der Waals surface area contributed by atoms with Crippen molar-refractivity contribution in [3.05, 3.63) is 0 Å². The van der Waals surface area contributed by atoms with Gasteiger partial charge in [0.2, 0.25) is 0 Å². The van der Waals surface area contributed by atoms with E-state index in [1.165, 1.54) is 38.5 Å². The Morgan fingerprint density at radius 3 is 2.10 bits per heavy atom. The summed E-state index contributed by atoms with van der Waals surface area (Å²) in [6.45, 7) is 6.71. The van der Waals surface area contributed by atoms with Crippen molar-refractivity contribution in [3.8, 4) is 0 Å². The van der Waals surface area contributed by atoms with E-state index in [4.69, 9.17) is 5.73 Å². The molecular weight excluding hydrogens is 286 g/mol. The Morgan fingerprint density at radius 2 is 1.67 bits per heavy atom. The fourth-order valence-corrected chi connectivity index (χ4v) is 7.69. The number of rotatable bonds is 4. The Morgan fingerprint density at radius 1 is 1.14 bits per heavy atom. The third kappa shape index (κ3) is 2.77. The monoisotopic (exact) mass is 315 g/mol. The SMILES string of the molecule is CC(CC12CC3CC(C)(CC(C)(C3)C1)C2)C(N)S(=O)(=O)O. The minimum absolute atomic E-state index is 0.191. The molecule has 0 aromatic heterocycles. The maximum Gasteiger partial charge on any atom is 0.281 e. The largest absolute Gasteiger partial charge is 0.313 e. The molecule has 3 N–H and O–H groups in total. The Kier molecular flexibility index (Phi) is 3.34. The predicted molar refractivity (Wildman–Crippen MR) is 83.1 cm³/mol. The summed E-state index contributed by atoms with van der Waals surface area (Å²) >= 11 is 0. The first-order valence-corrected chi connectivity index (χ1v) is 9.67. The van der Waals surface area contributed by atoms with Gasteiger partial charge < -0.3 is 5.73 Å². The summed E-state index contributed by atoms with van der Waals surface area (Å²) in [5.41, 5.74) is 6.85. The summed E-state index contributed by atoms with van der Waals surface area (Å²) in [6, 6.07) is 0. The Bertz CT molecular complexity index is 526. The average molecular weight is 315 g/mol. The second kappa shape index (κ2) is 4.45. The van der Waals surface area contributed by atoms with Gasteiger partial charge in [0.25, 0.3) is 10.1 Å². The zero-order valence-corrected chi connectivity index (χ0v) is 14.2. The summed E-state index contributed by atoms with van der Waals surface area (Å²) in [4.78, 5) is 0. The van der Waals surface area contributed by atoms with E-state index in [1.54, 1.807) is 0 Å². The van der Waals surface area contributed by atoms with Crippen molar-refractivity contribution in [2.24, 2.45) is 33.8 Å². The Balaban J connectivity index is 1.82. The smallest absolute Gasteiger partial charge is 0.281 e. The van der Waals surface area contributed by atoms with Gasteiger partial charge in [-0.15, -0.1) is 0 Å². The molecule has 4 fully saturated rings. The summed E-state index contributed by atoms with van der Waals surface area (Å²) in [5, 5.41) is -1.15. The summed E-state index contributed by atoms with van der Waals surface area (Å²) in [5.74, 6) is 0.605. The molecule has 0 saturated heterocycles. The molecule has 4 nitrogen and oxygen atoms in total. The zero-order chi connectivity index (χ0) is 15.7. The van der Waals surface area contributed by atoms with Gasteiger partial charge in [-0.1, -0.05) is 20.8 Å². The third-order valence-electron chi connectivity index (χ3n) is 6.40. The summed E-state index contributed by atoms with van der Waals surface area (Å²) < 4.78 is 31.8. The van der Waals surface area contributed by atoms with Crippen LogP contribution >= 0.6 is 0 Å². The molecular formula is C16H29NO3S. The second-order valence-corrected chi connectivity index (χ2v) is 10.9. The molecule has 0 aliphatic heterocycles. The molecule has 0 aromatic rings. The van der Waals surface area contributed by atoms with Crippen LogP contribution in [-0.2, 0) is 10.1 Å². The molecule has 4 atom stereocenters. The van der Waals surface area contributed by atoms with Crippen LogP contribution in [0.1, 0.15) is 65.7 Å². The predicted octanol–water partition coefficient (Wildman–Crippen LogP) is 3.18. The minimum Gasteiger partial charge on any atom is -0.313 e. The van der Waals surface area contributed by atoms with Gasteiger partial charge in [0.15, 0.2) is 0 Å². The fraction of sp³-hybridized carbons (Fsp3) is 1.00. The van der Waals surface area contributed by atoms with Gasteiger partial charge >= 0.3 is 0 Å². The molecule has 4 aliphatic rings. The van der Waals surface area contributed by atoms with E-state index in [2.05, 4.69) is 13.8 Å². The number of nitrogens with two attached hydrogens (primary N) is 1. The van der Waals surface area contributed by atoms with Crippen LogP contribution in [0.15, 0.2) is 0 Å². The summed E-state index contributed by atoms with van der Waals surface area (Å²) in [7, 11) is -4.14. The van der Waals surface area contributed by atoms with Gasteiger partial charge in [-0.3, -0.25) is 4.55 Å². The quantitative estimate of drug-likeness (QED) is 0.781. The molecule has 4 aliphatic carbocycles. The lowest BCUT2D eigenvalue weighted by Gasteiger charge is -2.66. The van der Waals surface area contributed by atoms with Gasteiger partial charge in [0.05, 0.1) is 0 Å². The molecule has 21 heavy (non-hydrogen) atoms. The van der Waals surface area contributed by atoms with E-state index >= 15 is 0 Å². The molecule has 4 unspecified atom stereocenters. The lowest BCUT2D eigenvalue weighted by atomic mass is 9.39. The van der Waals surface area contributed by atoms with Crippen LogP contribution in [0.5, 0.6) is 0 Å². The first kappa shape index (κ1) is 15.8. The van der Waals surface area contributed by atoms with E-state index in [9.17, 15) is 13.0 Å². The van der Waals surface area contributed by atoms with Crippen molar-refractivity contribution < 1.29 is 13.0 Å². The van der Waals surface area contributed by atoms with Crippen LogP contribution in [0, 0.1) is 28.1 Å². The molecule has 5 heteroatoms. The first-order valence-electron chi connectivity index (χ1n) is 8.16. The molecule has 4 rings (SSSR count). The van der Waals surface area contributed by atoms with Crippen molar-refractivity contribution in [2.75, 3.05) is 0 Å². The van der Waals surface area contributed by atoms with E-state index in [0.717, 1.165) is 12.3 Å². The maximum atomic E-state index is 11.3. The van der Waals surface area contributed by atoms with Crippen LogP contribution in [-0.4, -0.2) is 18.3 Å². The lowest BCUT2D eigenvalue weighted by Crippen LogP contribution is -2.56. The lowest BCUT2D eigenvalue weighted by molar-refractivity contribution is -0.151. The molecule has 4 saturated carbocycles. The van der Waals surface area contributed by atoms with Crippen LogP contribution < -0.4 is 5.73 Å². The van der Waals surface area contributed by atoms with Gasteiger partial charge in [-0.2, -0.15) is 8.42 Å². The molecule has 0 aromatic carbocycles. The average Bonchev–Trinajstić information content (AvgIpc) is 2.20. The van der Waals surface area contributed by atoms with Gasteiger partial charge in [0.1, 0.15) is 5.37 Å². The third-order valence-corrected chi connectivity index (χ3v) is 7.55. The molecule has 0 spiro atoms. The molecule has 4 bridgehead atoms. The summed E-state index contributed by atoms with van der Waals surface area (Å²) in [6.07, 6.45) is 8.45. The van der Waals surface area contributed by atoms with Crippen molar-refractivity contribution in [1.82, 2.24) is 0 Å². The topological polar surface area (TPSA) is 80.4 Å². The zero-order valence-electron chi connectivity index (χ0n) is 13.4. The normalized spacial score (nSPS) is 48.3. The Hall–Kier alpha value is -0.130. The van der Waals surface area contributed by atoms with Crippen LogP contribution in [0.25, 0.3) is 0 Å². The maximum absolute atomic E-state index is 11.3. The number of hydrogen-bond acceptors (Lipinski definition) is 3. The molecule has 0 radical (unpaired) electrons. The van der Waals surface area contributed by atoms with Crippen molar-refractivity contribution >= 4 is 10.1 Å². The highest BCUT2D eigenvalue weighted by atomic mass is 32.2. The molecule has 0 heterocycles. The van der Waals surface area contributed by atoms with Gasteiger partial charge in [0, 0.05) is 0 Å². The van der Waals surface area contributed by atoms with Crippen molar-refractivity contribution in [1.29, 1.82) is 0 Å². The number of hydrogen-bond donors (Lipinski definition) is 2. The highest BCUT2D eigenvalue weighted by molar-refractivity contribution is 7.86.